The maximum atomic E-state index is 4.86. The van der Waals surface area contributed by atoms with Gasteiger partial charge in [-0.25, -0.2) is 4.99 Å². The van der Waals surface area contributed by atoms with Crippen molar-refractivity contribution < 1.29 is 0 Å². The molecule has 0 atom stereocenters. The summed E-state index contributed by atoms with van der Waals surface area (Å²) >= 11 is 3.47. The van der Waals surface area contributed by atoms with Gasteiger partial charge in [-0.1, -0.05) is 28.1 Å². The van der Waals surface area contributed by atoms with Crippen molar-refractivity contribution in [3.63, 3.8) is 0 Å². The monoisotopic (exact) mass is 332 g/mol. The van der Waals surface area contributed by atoms with Crippen LogP contribution in [0.5, 0.6) is 0 Å². The molecule has 5 heteroatoms. The zero-order valence-corrected chi connectivity index (χ0v) is 13.2. The molecule has 0 amide bonds. The second-order valence-corrected chi connectivity index (χ2v) is 5.78. The largest absolute Gasteiger partial charge is 0.305 e. The summed E-state index contributed by atoms with van der Waals surface area (Å²) in [6, 6.07) is 8.28. The topological polar surface area (TPSA) is 42.2 Å². The van der Waals surface area contributed by atoms with Crippen LogP contribution in [-0.2, 0) is 13.1 Å². The van der Waals surface area contributed by atoms with Gasteiger partial charge in [0.25, 0.3) is 0 Å². The first-order chi connectivity index (χ1) is 9.69. The zero-order valence-electron chi connectivity index (χ0n) is 11.7. The normalized spacial score (nSPS) is 14.7. The molecule has 1 aromatic carbocycles. The average molecular weight is 333 g/mol. The van der Waals surface area contributed by atoms with Gasteiger partial charge < -0.3 is 5.32 Å². The smallest absolute Gasteiger partial charge is 0.109 e. The molecule has 2 aromatic rings. The predicted octanol–water partition coefficient (Wildman–Crippen LogP) is 3.20. The molecule has 0 saturated heterocycles. The summed E-state index contributed by atoms with van der Waals surface area (Å²) in [7, 11) is 0. The van der Waals surface area contributed by atoms with Gasteiger partial charge in [0, 0.05) is 24.1 Å². The highest BCUT2D eigenvalue weighted by molar-refractivity contribution is 9.10. The average Bonchev–Trinajstić information content (AvgIpc) is 2.64. The molecule has 0 radical (unpaired) electrons. The molecule has 0 unspecified atom stereocenters. The Balaban J connectivity index is 2.06. The van der Waals surface area contributed by atoms with Crippen molar-refractivity contribution in [3.05, 3.63) is 45.7 Å². The van der Waals surface area contributed by atoms with Crippen LogP contribution in [0.2, 0.25) is 0 Å². The van der Waals surface area contributed by atoms with Crippen LogP contribution in [0.1, 0.15) is 23.9 Å². The molecule has 0 bridgehead atoms. The van der Waals surface area contributed by atoms with Crippen LogP contribution in [0, 0.1) is 6.92 Å². The van der Waals surface area contributed by atoms with Crippen LogP contribution in [0.25, 0.3) is 0 Å². The maximum absolute atomic E-state index is 4.86. The van der Waals surface area contributed by atoms with E-state index in [4.69, 9.17) is 4.99 Å². The van der Waals surface area contributed by atoms with Crippen LogP contribution in [0.4, 0.5) is 5.69 Å². The minimum Gasteiger partial charge on any atom is -0.305 e. The van der Waals surface area contributed by atoms with E-state index < -0.39 is 0 Å². The number of nitrogens with zero attached hydrogens (tertiary/aromatic N) is 3. The van der Waals surface area contributed by atoms with Crippen molar-refractivity contribution in [1.29, 1.82) is 0 Å². The Bertz CT molecular complexity index is 655. The van der Waals surface area contributed by atoms with Gasteiger partial charge in [0.1, 0.15) is 5.69 Å². The van der Waals surface area contributed by atoms with E-state index in [1.807, 2.05) is 23.7 Å². The van der Waals surface area contributed by atoms with Crippen LogP contribution in [0.3, 0.4) is 0 Å². The zero-order chi connectivity index (χ0) is 14.1. The van der Waals surface area contributed by atoms with Crippen molar-refractivity contribution in [3.8, 4) is 0 Å². The number of fused-ring (bicyclic) bond motifs is 1. The summed E-state index contributed by atoms with van der Waals surface area (Å²) in [6.45, 7) is 6.60. The van der Waals surface area contributed by atoms with Gasteiger partial charge in [-0.05, 0) is 31.5 Å². The lowest BCUT2D eigenvalue weighted by Crippen LogP contribution is -2.22. The minimum absolute atomic E-state index is 0.777. The van der Waals surface area contributed by atoms with Gasteiger partial charge in [-0.2, -0.15) is 5.10 Å². The van der Waals surface area contributed by atoms with Crippen molar-refractivity contribution in [2.24, 2.45) is 4.99 Å². The number of hydrogen-bond acceptors (Lipinski definition) is 3. The first-order valence-corrected chi connectivity index (χ1v) is 7.59. The fourth-order valence-corrected chi connectivity index (χ4v) is 2.75. The molecule has 2 heterocycles. The fraction of sp³-hybridized carbons (Fsp3) is 0.333. The van der Waals surface area contributed by atoms with Crippen LogP contribution < -0.4 is 5.32 Å². The van der Waals surface area contributed by atoms with E-state index in [9.17, 15) is 0 Å². The number of rotatable bonds is 2. The van der Waals surface area contributed by atoms with Gasteiger partial charge in [0.2, 0.25) is 0 Å². The molecule has 0 aliphatic carbocycles. The summed E-state index contributed by atoms with van der Waals surface area (Å²) in [4.78, 5) is 4.86. The van der Waals surface area contributed by atoms with E-state index in [0.29, 0.717) is 0 Å². The SMILES string of the molecule is CCn1nc(C)c2c1CNCC(c1ccc(Br)cc1)=N2. The van der Waals surface area contributed by atoms with Gasteiger partial charge in [0.15, 0.2) is 0 Å². The van der Waals surface area contributed by atoms with E-state index >= 15 is 0 Å². The molecule has 20 heavy (non-hydrogen) atoms. The maximum Gasteiger partial charge on any atom is 0.109 e. The van der Waals surface area contributed by atoms with Crippen molar-refractivity contribution in [2.75, 3.05) is 6.54 Å². The Labute approximate surface area is 127 Å². The fourth-order valence-electron chi connectivity index (χ4n) is 2.48. The molecule has 1 aromatic heterocycles. The number of aromatic nitrogens is 2. The summed E-state index contributed by atoms with van der Waals surface area (Å²) in [5.41, 5.74) is 5.42. The number of aryl methyl sites for hydroxylation is 2. The standard InChI is InChI=1S/C15H17BrN4/c1-3-20-14-9-17-8-13(18-15(14)10(2)19-20)11-4-6-12(16)7-5-11/h4-7,17H,3,8-9H2,1-2H3. The van der Waals surface area contributed by atoms with Crippen molar-refractivity contribution in [2.45, 2.75) is 26.9 Å². The Morgan fingerprint density at radius 2 is 2.00 bits per heavy atom. The van der Waals surface area contributed by atoms with Crippen LogP contribution in [-0.4, -0.2) is 22.0 Å². The molecule has 4 nitrogen and oxygen atoms in total. The number of benzene rings is 1. The molecular weight excluding hydrogens is 316 g/mol. The van der Waals surface area contributed by atoms with Gasteiger partial charge >= 0.3 is 0 Å². The third kappa shape index (κ3) is 2.43. The van der Waals surface area contributed by atoms with Crippen molar-refractivity contribution >= 4 is 27.3 Å². The first kappa shape index (κ1) is 13.5. The number of aliphatic imine (C=N–C) groups is 1. The number of hydrogen-bond donors (Lipinski definition) is 1. The Morgan fingerprint density at radius 1 is 1.25 bits per heavy atom. The molecule has 1 aliphatic heterocycles. The van der Waals surface area contributed by atoms with E-state index in [1.54, 1.807) is 0 Å². The molecule has 0 spiro atoms. The number of nitrogens with one attached hydrogen (secondary N) is 1. The van der Waals surface area contributed by atoms with Crippen molar-refractivity contribution in [1.82, 2.24) is 15.1 Å². The predicted molar refractivity (Wildman–Crippen MR) is 84.7 cm³/mol. The molecule has 0 saturated carbocycles. The lowest BCUT2D eigenvalue weighted by molar-refractivity contribution is 0.597. The molecule has 1 aliphatic rings. The molecule has 3 rings (SSSR count). The van der Waals surface area contributed by atoms with Gasteiger partial charge in [-0.3, -0.25) is 4.68 Å². The van der Waals surface area contributed by atoms with Crippen LogP contribution >= 0.6 is 15.9 Å². The summed E-state index contributed by atoms with van der Waals surface area (Å²) in [6.07, 6.45) is 0. The molecule has 104 valence electrons. The van der Waals surface area contributed by atoms with E-state index in [0.717, 1.165) is 46.8 Å². The third-order valence-electron chi connectivity index (χ3n) is 3.51. The van der Waals surface area contributed by atoms with E-state index in [1.165, 1.54) is 5.69 Å². The van der Waals surface area contributed by atoms with Crippen LogP contribution in [0.15, 0.2) is 33.7 Å². The summed E-state index contributed by atoms with van der Waals surface area (Å²) in [5, 5.41) is 8.01. The van der Waals surface area contributed by atoms with Gasteiger partial charge in [-0.15, -0.1) is 0 Å². The lowest BCUT2D eigenvalue weighted by Gasteiger charge is -2.06. The number of halogens is 1. The first-order valence-electron chi connectivity index (χ1n) is 6.79. The second-order valence-electron chi connectivity index (χ2n) is 4.87. The van der Waals surface area contributed by atoms with E-state index in [-0.39, 0.29) is 0 Å². The lowest BCUT2D eigenvalue weighted by atomic mass is 10.1. The molecular formula is C15H17BrN4. The minimum atomic E-state index is 0.777. The molecule has 1 N–H and O–H groups in total. The Kier molecular flexibility index (Phi) is 3.72. The highest BCUT2D eigenvalue weighted by atomic mass is 79.9. The second kappa shape index (κ2) is 5.50. The molecule has 0 fully saturated rings. The highest BCUT2D eigenvalue weighted by Gasteiger charge is 2.18. The Hall–Kier alpha value is -1.46. The highest BCUT2D eigenvalue weighted by Crippen LogP contribution is 2.26. The summed E-state index contributed by atoms with van der Waals surface area (Å²) in [5.74, 6) is 0. The van der Waals surface area contributed by atoms with E-state index in [2.05, 4.69) is 45.4 Å². The summed E-state index contributed by atoms with van der Waals surface area (Å²) < 4.78 is 3.12. The van der Waals surface area contributed by atoms with Gasteiger partial charge in [0.05, 0.1) is 17.1 Å². The quantitative estimate of drug-likeness (QED) is 0.917. The Morgan fingerprint density at radius 3 is 2.70 bits per heavy atom. The third-order valence-corrected chi connectivity index (χ3v) is 4.04.